The van der Waals surface area contributed by atoms with Gasteiger partial charge in [-0.05, 0) is 36.4 Å². The van der Waals surface area contributed by atoms with E-state index in [2.05, 4.69) is 26.4 Å². The summed E-state index contributed by atoms with van der Waals surface area (Å²) in [4.78, 5) is 4.44. The van der Waals surface area contributed by atoms with E-state index in [9.17, 15) is 0 Å². The Hall–Kier alpha value is -3.53. The van der Waals surface area contributed by atoms with E-state index in [0.29, 0.717) is 17.3 Å². The summed E-state index contributed by atoms with van der Waals surface area (Å²) in [7, 11) is 0. The number of aromatic nitrogens is 5. The van der Waals surface area contributed by atoms with Crippen LogP contribution in [-0.2, 0) is 6.42 Å². The zero-order valence-corrected chi connectivity index (χ0v) is 12.8. The summed E-state index contributed by atoms with van der Waals surface area (Å²) in [6.07, 6.45) is 2.69. The molecule has 0 saturated carbocycles. The fraction of sp³-hybridized carbons (Fsp3) is 0.118. The molecule has 0 aliphatic carbocycles. The van der Waals surface area contributed by atoms with Crippen LogP contribution < -0.4 is 0 Å². The van der Waals surface area contributed by atoms with Gasteiger partial charge in [0.05, 0.1) is 11.6 Å². The zero-order valence-electron chi connectivity index (χ0n) is 12.8. The number of benzene rings is 1. The first-order valence-corrected chi connectivity index (χ1v) is 7.47. The van der Waals surface area contributed by atoms with Crippen molar-refractivity contribution in [3.63, 3.8) is 0 Å². The summed E-state index contributed by atoms with van der Waals surface area (Å²) in [5, 5.41) is 21.2. The number of hydrogen-bond acceptors (Lipinski definition) is 6. The molecule has 0 atom stereocenters. The van der Waals surface area contributed by atoms with Crippen LogP contribution in [0.5, 0.6) is 0 Å². The number of nitriles is 1. The summed E-state index contributed by atoms with van der Waals surface area (Å²) < 4.78 is 7.27. The monoisotopic (exact) mass is 316 g/mol. The predicted molar refractivity (Wildman–Crippen MR) is 85.8 cm³/mol. The molecule has 116 valence electrons. The average Bonchev–Trinajstić information content (AvgIpc) is 3.28. The minimum absolute atomic E-state index is 0.411. The number of pyridine rings is 1. The van der Waals surface area contributed by atoms with E-state index in [0.717, 1.165) is 29.0 Å². The summed E-state index contributed by atoms with van der Waals surface area (Å²) in [6.45, 7) is 2.03. The van der Waals surface area contributed by atoms with Crippen LogP contribution in [-0.4, -0.2) is 24.7 Å². The second kappa shape index (κ2) is 5.59. The Morgan fingerprint density at radius 2 is 1.88 bits per heavy atom. The van der Waals surface area contributed by atoms with Crippen LogP contribution in [0.25, 0.3) is 28.5 Å². The molecule has 0 spiro atoms. The van der Waals surface area contributed by atoms with Crippen molar-refractivity contribution >= 4 is 5.65 Å². The van der Waals surface area contributed by atoms with E-state index in [1.807, 2.05) is 29.7 Å². The van der Waals surface area contributed by atoms with Crippen molar-refractivity contribution < 1.29 is 4.52 Å². The topological polar surface area (TPSA) is 92.9 Å². The third kappa shape index (κ3) is 2.30. The van der Waals surface area contributed by atoms with Gasteiger partial charge < -0.3 is 4.52 Å². The van der Waals surface area contributed by atoms with E-state index < -0.39 is 0 Å². The van der Waals surface area contributed by atoms with Crippen LogP contribution in [0.2, 0.25) is 0 Å². The van der Waals surface area contributed by atoms with E-state index in [1.165, 1.54) is 0 Å². The second-order valence-electron chi connectivity index (χ2n) is 5.23. The second-order valence-corrected chi connectivity index (χ2v) is 5.23. The molecule has 1 aromatic carbocycles. The first-order valence-electron chi connectivity index (χ1n) is 7.47. The standard InChI is InChI=1S/C17H12N6O/c1-2-14-20-21-15-8-7-13(10-23(14)15)16-19-17(24-22-16)12-5-3-11(9-18)4-6-12/h3-8,10H,2H2,1H3. The lowest BCUT2D eigenvalue weighted by molar-refractivity contribution is 0.432. The lowest BCUT2D eigenvalue weighted by Crippen LogP contribution is -1.93. The van der Waals surface area contributed by atoms with Gasteiger partial charge in [-0.3, -0.25) is 4.40 Å². The van der Waals surface area contributed by atoms with Gasteiger partial charge in [-0.15, -0.1) is 10.2 Å². The predicted octanol–water partition coefficient (Wildman–Crippen LogP) is 2.88. The SMILES string of the molecule is CCc1nnc2ccc(-c3noc(-c4ccc(C#N)cc4)n3)cn12. The Balaban J connectivity index is 1.72. The van der Waals surface area contributed by atoms with Gasteiger partial charge in [-0.2, -0.15) is 10.2 Å². The summed E-state index contributed by atoms with van der Waals surface area (Å²) >= 11 is 0. The Morgan fingerprint density at radius 3 is 2.62 bits per heavy atom. The molecule has 0 unspecified atom stereocenters. The Morgan fingerprint density at radius 1 is 1.08 bits per heavy atom. The molecule has 0 N–H and O–H groups in total. The number of rotatable bonds is 3. The van der Waals surface area contributed by atoms with Crippen LogP contribution in [0.1, 0.15) is 18.3 Å². The Labute approximate surface area is 137 Å². The highest BCUT2D eigenvalue weighted by molar-refractivity contribution is 5.61. The molecule has 3 aromatic heterocycles. The van der Waals surface area contributed by atoms with Gasteiger partial charge >= 0.3 is 0 Å². The molecule has 0 saturated heterocycles. The van der Waals surface area contributed by atoms with E-state index in [1.54, 1.807) is 24.3 Å². The number of fused-ring (bicyclic) bond motifs is 1. The van der Waals surface area contributed by atoms with Gasteiger partial charge in [0.1, 0.15) is 5.82 Å². The lowest BCUT2D eigenvalue weighted by atomic mass is 10.1. The van der Waals surface area contributed by atoms with Gasteiger partial charge in [0, 0.05) is 23.7 Å². The summed E-state index contributed by atoms with van der Waals surface area (Å²) in [5.41, 5.74) is 2.96. The quantitative estimate of drug-likeness (QED) is 0.577. The third-order valence-electron chi connectivity index (χ3n) is 3.73. The van der Waals surface area contributed by atoms with Crippen LogP contribution in [0.15, 0.2) is 47.1 Å². The average molecular weight is 316 g/mol. The van der Waals surface area contributed by atoms with Crippen LogP contribution >= 0.6 is 0 Å². The highest BCUT2D eigenvalue weighted by atomic mass is 16.5. The summed E-state index contributed by atoms with van der Waals surface area (Å²) in [5.74, 6) is 1.78. The van der Waals surface area contributed by atoms with Gasteiger partial charge in [0.25, 0.3) is 5.89 Å². The molecule has 0 fully saturated rings. The molecule has 0 aliphatic heterocycles. The maximum atomic E-state index is 8.85. The van der Waals surface area contributed by atoms with Gasteiger partial charge in [0.15, 0.2) is 5.65 Å². The van der Waals surface area contributed by atoms with Crippen molar-refractivity contribution in [3.8, 4) is 28.9 Å². The third-order valence-corrected chi connectivity index (χ3v) is 3.73. The molecule has 24 heavy (non-hydrogen) atoms. The maximum Gasteiger partial charge on any atom is 0.258 e. The number of aryl methyl sites for hydroxylation is 1. The molecule has 4 rings (SSSR count). The fourth-order valence-corrected chi connectivity index (χ4v) is 2.46. The molecule has 0 bridgehead atoms. The highest BCUT2D eigenvalue weighted by Gasteiger charge is 2.12. The molecular weight excluding hydrogens is 304 g/mol. The molecule has 0 amide bonds. The van der Waals surface area contributed by atoms with Crippen molar-refractivity contribution in [3.05, 3.63) is 54.0 Å². The van der Waals surface area contributed by atoms with Gasteiger partial charge in [-0.1, -0.05) is 12.1 Å². The zero-order chi connectivity index (χ0) is 16.5. The molecule has 3 heterocycles. The first kappa shape index (κ1) is 14.1. The summed E-state index contributed by atoms with van der Waals surface area (Å²) in [6, 6.07) is 12.8. The Bertz CT molecular complexity index is 1050. The van der Waals surface area contributed by atoms with Crippen molar-refractivity contribution in [2.24, 2.45) is 0 Å². The van der Waals surface area contributed by atoms with E-state index >= 15 is 0 Å². The maximum absolute atomic E-state index is 8.85. The van der Waals surface area contributed by atoms with Crippen LogP contribution in [0.3, 0.4) is 0 Å². The van der Waals surface area contributed by atoms with Crippen molar-refractivity contribution in [2.75, 3.05) is 0 Å². The molecule has 4 aromatic rings. The molecular formula is C17H12N6O. The van der Waals surface area contributed by atoms with E-state index in [-0.39, 0.29) is 0 Å². The number of hydrogen-bond donors (Lipinski definition) is 0. The van der Waals surface area contributed by atoms with Gasteiger partial charge in [0.2, 0.25) is 5.82 Å². The molecule has 7 nitrogen and oxygen atoms in total. The van der Waals surface area contributed by atoms with Crippen molar-refractivity contribution in [1.29, 1.82) is 5.26 Å². The molecule has 0 radical (unpaired) electrons. The number of nitrogens with zero attached hydrogens (tertiary/aromatic N) is 6. The van der Waals surface area contributed by atoms with Gasteiger partial charge in [-0.25, -0.2) is 0 Å². The smallest absolute Gasteiger partial charge is 0.258 e. The highest BCUT2D eigenvalue weighted by Crippen LogP contribution is 2.23. The Kier molecular flexibility index (Phi) is 3.28. The largest absolute Gasteiger partial charge is 0.334 e. The normalized spacial score (nSPS) is 10.8. The van der Waals surface area contributed by atoms with Crippen LogP contribution in [0, 0.1) is 11.3 Å². The molecule has 0 aliphatic rings. The van der Waals surface area contributed by atoms with Crippen molar-refractivity contribution in [1.82, 2.24) is 24.7 Å². The minimum atomic E-state index is 0.411. The minimum Gasteiger partial charge on any atom is -0.334 e. The van der Waals surface area contributed by atoms with E-state index in [4.69, 9.17) is 9.78 Å². The molecule has 7 heteroatoms. The fourth-order valence-electron chi connectivity index (χ4n) is 2.46. The van der Waals surface area contributed by atoms with Crippen molar-refractivity contribution in [2.45, 2.75) is 13.3 Å². The van der Waals surface area contributed by atoms with Crippen LogP contribution in [0.4, 0.5) is 0 Å². The lowest BCUT2D eigenvalue weighted by Gasteiger charge is -1.99. The first-order chi connectivity index (χ1) is 11.8.